The summed E-state index contributed by atoms with van der Waals surface area (Å²) in [4.78, 5) is 10.8. The maximum Gasteiger partial charge on any atom is 0.308 e. The normalized spacial score (nSPS) is 15.9. The topological polar surface area (TPSA) is 63.3 Å². The van der Waals surface area contributed by atoms with Crippen molar-refractivity contribution in [1.29, 1.82) is 0 Å². The lowest BCUT2D eigenvalue weighted by Gasteiger charge is -2.29. The van der Waals surface area contributed by atoms with E-state index in [-0.39, 0.29) is 12.4 Å². The number of carbonyl (C=O) groups is 1. The van der Waals surface area contributed by atoms with Crippen molar-refractivity contribution in [2.45, 2.75) is 19.4 Å². The Bertz CT molecular complexity index is 325. The third kappa shape index (κ3) is 2.94. The molecule has 0 aromatic heterocycles. The first-order valence-electron chi connectivity index (χ1n) is 4.53. The van der Waals surface area contributed by atoms with Crippen molar-refractivity contribution in [1.82, 2.24) is 0 Å². The van der Waals surface area contributed by atoms with Crippen molar-refractivity contribution in [3.63, 3.8) is 0 Å². The minimum absolute atomic E-state index is 0. The lowest BCUT2D eigenvalue weighted by atomic mass is 9.82. The molecule has 3 N–H and O–H groups in total. The highest BCUT2D eigenvalue weighted by molar-refractivity contribution is 5.85. The molecule has 0 saturated heterocycles. The van der Waals surface area contributed by atoms with Crippen LogP contribution in [0.2, 0.25) is 0 Å². The van der Waals surface area contributed by atoms with Crippen LogP contribution < -0.4 is 5.73 Å². The van der Waals surface area contributed by atoms with Crippen LogP contribution in [0.3, 0.4) is 0 Å². The molecule has 0 spiro atoms. The third-order valence-electron chi connectivity index (χ3n) is 2.67. The van der Waals surface area contributed by atoms with Gasteiger partial charge in [0.15, 0.2) is 0 Å². The molecule has 0 aliphatic rings. The number of nitrogens with two attached hydrogens (primary N) is 1. The second kappa shape index (κ2) is 5.14. The number of hydrogen-bond donors (Lipinski definition) is 2. The van der Waals surface area contributed by atoms with Crippen LogP contribution in [0.5, 0.6) is 0 Å². The fraction of sp³-hybridized carbons (Fsp3) is 0.364. The van der Waals surface area contributed by atoms with Crippen LogP contribution in [0.4, 0.5) is 0 Å². The lowest BCUT2D eigenvalue weighted by Crippen LogP contribution is -2.43. The molecule has 0 fully saturated rings. The van der Waals surface area contributed by atoms with Crippen LogP contribution in [0.25, 0.3) is 0 Å². The van der Waals surface area contributed by atoms with Gasteiger partial charge in [0.25, 0.3) is 0 Å². The van der Waals surface area contributed by atoms with E-state index in [1.54, 1.807) is 13.8 Å². The van der Waals surface area contributed by atoms with Crippen molar-refractivity contribution in [2.75, 3.05) is 0 Å². The molecule has 84 valence electrons. The minimum atomic E-state index is -0.876. The molecule has 0 radical (unpaired) electrons. The summed E-state index contributed by atoms with van der Waals surface area (Å²) in [6.07, 6.45) is 0. The first-order valence-corrected chi connectivity index (χ1v) is 4.53. The maximum absolute atomic E-state index is 10.8. The smallest absolute Gasteiger partial charge is 0.308 e. The third-order valence-corrected chi connectivity index (χ3v) is 2.67. The average Bonchev–Trinajstić information content (AvgIpc) is 2.18. The Labute approximate surface area is 95.7 Å². The SMILES string of the molecule is C[C@H](C(=O)O)[C@](C)(N)c1ccccc1.Cl. The van der Waals surface area contributed by atoms with Gasteiger partial charge in [-0.3, -0.25) is 4.79 Å². The summed E-state index contributed by atoms with van der Waals surface area (Å²) in [5.74, 6) is -1.48. The summed E-state index contributed by atoms with van der Waals surface area (Å²) in [6.45, 7) is 3.36. The molecule has 4 heteroatoms. The summed E-state index contributed by atoms with van der Waals surface area (Å²) in [5, 5.41) is 8.90. The van der Waals surface area contributed by atoms with Crippen LogP contribution >= 0.6 is 12.4 Å². The quantitative estimate of drug-likeness (QED) is 0.834. The Morgan fingerprint density at radius 3 is 2.27 bits per heavy atom. The van der Waals surface area contributed by atoms with Gasteiger partial charge in [-0.25, -0.2) is 0 Å². The molecule has 1 aromatic rings. The average molecular weight is 230 g/mol. The molecule has 0 bridgehead atoms. The van der Waals surface area contributed by atoms with Gasteiger partial charge in [0.1, 0.15) is 0 Å². The Morgan fingerprint density at radius 1 is 1.40 bits per heavy atom. The molecule has 0 unspecified atom stereocenters. The molecule has 1 rings (SSSR count). The van der Waals surface area contributed by atoms with Crippen LogP contribution in [0.1, 0.15) is 19.4 Å². The minimum Gasteiger partial charge on any atom is -0.481 e. The highest BCUT2D eigenvalue weighted by Crippen LogP contribution is 2.26. The van der Waals surface area contributed by atoms with E-state index in [1.165, 1.54) is 0 Å². The van der Waals surface area contributed by atoms with Gasteiger partial charge in [-0.2, -0.15) is 0 Å². The number of halogens is 1. The predicted octanol–water partition coefficient (Wildman–Crippen LogP) is 2.00. The zero-order chi connectivity index (χ0) is 10.8. The van der Waals surface area contributed by atoms with Gasteiger partial charge >= 0.3 is 5.97 Å². The van der Waals surface area contributed by atoms with E-state index >= 15 is 0 Å². The molecule has 1 aromatic carbocycles. The van der Waals surface area contributed by atoms with Crippen LogP contribution in [0, 0.1) is 5.92 Å². The Hall–Kier alpha value is -1.06. The van der Waals surface area contributed by atoms with Gasteiger partial charge < -0.3 is 10.8 Å². The predicted molar refractivity (Wildman–Crippen MR) is 62.0 cm³/mol. The molecule has 15 heavy (non-hydrogen) atoms. The van der Waals surface area contributed by atoms with Gasteiger partial charge in [-0.05, 0) is 19.4 Å². The van der Waals surface area contributed by atoms with Crippen LogP contribution in [-0.2, 0) is 10.3 Å². The second-order valence-electron chi connectivity index (χ2n) is 3.71. The van der Waals surface area contributed by atoms with Crippen molar-refractivity contribution >= 4 is 18.4 Å². The number of aliphatic carboxylic acids is 1. The van der Waals surface area contributed by atoms with Crippen molar-refractivity contribution in [2.24, 2.45) is 11.7 Å². The van der Waals surface area contributed by atoms with E-state index in [0.717, 1.165) is 5.56 Å². The molecular formula is C11H16ClNO2. The highest BCUT2D eigenvalue weighted by atomic mass is 35.5. The second-order valence-corrected chi connectivity index (χ2v) is 3.71. The highest BCUT2D eigenvalue weighted by Gasteiger charge is 2.33. The van der Waals surface area contributed by atoms with E-state index in [1.807, 2.05) is 30.3 Å². The van der Waals surface area contributed by atoms with E-state index in [4.69, 9.17) is 10.8 Å². The van der Waals surface area contributed by atoms with Crippen molar-refractivity contribution in [3.05, 3.63) is 35.9 Å². The van der Waals surface area contributed by atoms with Gasteiger partial charge in [-0.15, -0.1) is 12.4 Å². The largest absolute Gasteiger partial charge is 0.481 e. The number of benzene rings is 1. The maximum atomic E-state index is 10.8. The summed E-state index contributed by atoms with van der Waals surface area (Å²) in [6, 6.07) is 9.29. The first-order chi connectivity index (χ1) is 6.46. The molecule has 0 saturated carbocycles. The number of hydrogen-bond acceptors (Lipinski definition) is 2. The van der Waals surface area contributed by atoms with E-state index < -0.39 is 17.4 Å². The summed E-state index contributed by atoms with van der Waals surface area (Å²) >= 11 is 0. The zero-order valence-electron chi connectivity index (χ0n) is 8.81. The Balaban J connectivity index is 0.00000196. The van der Waals surface area contributed by atoms with Crippen molar-refractivity contribution in [3.8, 4) is 0 Å². The van der Waals surface area contributed by atoms with E-state index in [2.05, 4.69) is 0 Å². The fourth-order valence-corrected chi connectivity index (χ4v) is 1.30. The number of rotatable bonds is 3. The van der Waals surface area contributed by atoms with Crippen molar-refractivity contribution < 1.29 is 9.90 Å². The van der Waals surface area contributed by atoms with Gasteiger partial charge in [0.05, 0.1) is 11.5 Å². The molecule has 0 amide bonds. The van der Waals surface area contributed by atoms with Crippen LogP contribution in [-0.4, -0.2) is 11.1 Å². The molecule has 0 heterocycles. The molecule has 0 aliphatic heterocycles. The van der Waals surface area contributed by atoms with Gasteiger partial charge in [0.2, 0.25) is 0 Å². The van der Waals surface area contributed by atoms with E-state index in [0.29, 0.717) is 0 Å². The number of carboxylic acid groups (broad SMARTS) is 1. The zero-order valence-corrected chi connectivity index (χ0v) is 9.62. The Kier molecular flexibility index (Phi) is 4.78. The molecular weight excluding hydrogens is 214 g/mol. The summed E-state index contributed by atoms with van der Waals surface area (Å²) in [5.41, 5.74) is 6.02. The lowest BCUT2D eigenvalue weighted by molar-refractivity contribution is -0.143. The molecule has 2 atom stereocenters. The fourth-order valence-electron chi connectivity index (χ4n) is 1.30. The molecule has 3 nitrogen and oxygen atoms in total. The molecule has 0 aliphatic carbocycles. The summed E-state index contributed by atoms with van der Waals surface area (Å²) in [7, 11) is 0. The monoisotopic (exact) mass is 229 g/mol. The van der Waals surface area contributed by atoms with Gasteiger partial charge in [0, 0.05) is 0 Å². The summed E-state index contributed by atoms with van der Waals surface area (Å²) < 4.78 is 0. The first kappa shape index (κ1) is 13.9. The van der Waals surface area contributed by atoms with E-state index in [9.17, 15) is 4.79 Å². The number of carboxylic acids is 1. The van der Waals surface area contributed by atoms with Crippen LogP contribution in [0.15, 0.2) is 30.3 Å². The van der Waals surface area contributed by atoms with Gasteiger partial charge in [-0.1, -0.05) is 30.3 Å². The Morgan fingerprint density at radius 2 is 1.87 bits per heavy atom. The standard InChI is InChI=1S/C11H15NO2.ClH/c1-8(10(13)14)11(2,12)9-6-4-3-5-7-9;/h3-8H,12H2,1-2H3,(H,13,14);1H/t8-,11+;/m1./s1.